The minimum atomic E-state index is 0.287. The van der Waals surface area contributed by atoms with Crippen molar-refractivity contribution >= 4 is 0 Å². The molecule has 4 nitrogen and oxygen atoms in total. The molecular weight excluding hydrogens is 254 g/mol. The first-order valence-corrected chi connectivity index (χ1v) is 7.55. The second kappa shape index (κ2) is 4.85. The van der Waals surface area contributed by atoms with E-state index in [1.54, 1.807) is 7.11 Å². The SMILES string of the molecule is COc1cc(CNC(C2CC2)C2CC2)cc2c1OCO2. The molecule has 4 rings (SSSR count). The summed E-state index contributed by atoms with van der Waals surface area (Å²) >= 11 is 0. The van der Waals surface area contributed by atoms with Crippen molar-refractivity contribution in [3.05, 3.63) is 17.7 Å². The molecule has 2 aliphatic carbocycles. The zero-order valence-electron chi connectivity index (χ0n) is 11.9. The Kier molecular flexibility index (Phi) is 2.99. The highest BCUT2D eigenvalue weighted by Gasteiger charge is 2.41. The van der Waals surface area contributed by atoms with E-state index >= 15 is 0 Å². The van der Waals surface area contributed by atoms with Crippen molar-refractivity contribution in [3.63, 3.8) is 0 Å². The maximum atomic E-state index is 5.48. The maximum absolute atomic E-state index is 5.48. The summed E-state index contributed by atoms with van der Waals surface area (Å²) < 4.78 is 16.3. The number of hydrogen-bond acceptors (Lipinski definition) is 4. The van der Waals surface area contributed by atoms with Crippen molar-refractivity contribution in [2.45, 2.75) is 38.3 Å². The first kappa shape index (κ1) is 12.3. The van der Waals surface area contributed by atoms with Gasteiger partial charge in [0.25, 0.3) is 0 Å². The number of ether oxygens (including phenoxy) is 3. The molecule has 0 saturated heterocycles. The minimum absolute atomic E-state index is 0.287. The summed E-state index contributed by atoms with van der Waals surface area (Å²) in [6, 6.07) is 4.83. The van der Waals surface area contributed by atoms with Crippen LogP contribution in [-0.2, 0) is 6.54 Å². The Morgan fingerprint density at radius 2 is 1.95 bits per heavy atom. The van der Waals surface area contributed by atoms with Crippen LogP contribution in [0.1, 0.15) is 31.2 Å². The van der Waals surface area contributed by atoms with Crippen LogP contribution < -0.4 is 19.5 Å². The normalized spacial score (nSPS) is 20.5. The first-order valence-electron chi connectivity index (χ1n) is 7.55. The van der Waals surface area contributed by atoms with E-state index in [4.69, 9.17) is 14.2 Å². The predicted octanol–water partition coefficient (Wildman–Crippen LogP) is 2.70. The van der Waals surface area contributed by atoms with Gasteiger partial charge in [-0.25, -0.2) is 0 Å². The molecule has 2 fully saturated rings. The molecule has 0 bridgehead atoms. The number of hydrogen-bond donors (Lipinski definition) is 1. The summed E-state index contributed by atoms with van der Waals surface area (Å²) in [5.41, 5.74) is 1.21. The molecule has 108 valence electrons. The zero-order valence-corrected chi connectivity index (χ0v) is 11.9. The molecule has 0 spiro atoms. The number of methoxy groups -OCH3 is 1. The second-order valence-electron chi connectivity index (χ2n) is 6.11. The number of nitrogens with one attached hydrogen (secondary N) is 1. The van der Waals surface area contributed by atoms with Crippen LogP contribution in [0.3, 0.4) is 0 Å². The Hall–Kier alpha value is -1.42. The van der Waals surface area contributed by atoms with Crippen LogP contribution in [0, 0.1) is 11.8 Å². The van der Waals surface area contributed by atoms with Crippen LogP contribution in [0.5, 0.6) is 17.2 Å². The first-order chi connectivity index (χ1) is 9.85. The predicted molar refractivity (Wildman–Crippen MR) is 75.2 cm³/mol. The zero-order chi connectivity index (χ0) is 13.5. The van der Waals surface area contributed by atoms with Gasteiger partial charge in [-0.05, 0) is 55.2 Å². The third-order valence-corrected chi connectivity index (χ3v) is 4.52. The van der Waals surface area contributed by atoms with Gasteiger partial charge in [-0.2, -0.15) is 0 Å². The summed E-state index contributed by atoms with van der Waals surface area (Å²) in [5, 5.41) is 3.75. The van der Waals surface area contributed by atoms with E-state index < -0.39 is 0 Å². The molecule has 2 saturated carbocycles. The van der Waals surface area contributed by atoms with Gasteiger partial charge in [0.1, 0.15) is 0 Å². The summed E-state index contributed by atoms with van der Waals surface area (Å²) in [6.45, 7) is 1.17. The molecule has 20 heavy (non-hydrogen) atoms. The van der Waals surface area contributed by atoms with Crippen LogP contribution >= 0.6 is 0 Å². The van der Waals surface area contributed by atoms with Crippen molar-refractivity contribution in [1.29, 1.82) is 0 Å². The number of fused-ring (bicyclic) bond motifs is 1. The molecule has 0 unspecified atom stereocenters. The van der Waals surface area contributed by atoms with E-state index in [1.807, 2.05) is 0 Å². The van der Waals surface area contributed by atoms with Crippen LogP contribution in [0.25, 0.3) is 0 Å². The lowest BCUT2D eigenvalue weighted by Gasteiger charge is -2.18. The summed E-state index contributed by atoms with van der Waals surface area (Å²) in [7, 11) is 1.67. The third-order valence-electron chi connectivity index (χ3n) is 4.52. The Morgan fingerprint density at radius 1 is 1.20 bits per heavy atom. The summed E-state index contributed by atoms with van der Waals surface area (Å²) in [6.07, 6.45) is 5.61. The van der Waals surface area contributed by atoms with Gasteiger partial charge in [-0.15, -0.1) is 0 Å². The molecule has 1 aromatic carbocycles. The van der Waals surface area contributed by atoms with Crippen LogP contribution in [0.15, 0.2) is 12.1 Å². The molecule has 1 N–H and O–H groups in total. The summed E-state index contributed by atoms with van der Waals surface area (Å²) in [4.78, 5) is 0. The van der Waals surface area contributed by atoms with Gasteiger partial charge >= 0.3 is 0 Å². The topological polar surface area (TPSA) is 39.7 Å². The smallest absolute Gasteiger partial charge is 0.231 e. The van der Waals surface area contributed by atoms with Crippen molar-refractivity contribution < 1.29 is 14.2 Å². The lowest BCUT2D eigenvalue weighted by molar-refractivity contribution is 0.171. The van der Waals surface area contributed by atoms with Crippen molar-refractivity contribution in [1.82, 2.24) is 5.32 Å². The standard InChI is InChI=1S/C16H21NO3/c1-18-13-6-10(7-14-16(13)20-9-19-14)8-17-15(11-2-3-11)12-4-5-12/h6-7,11-12,15,17H,2-5,8-9H2,1H3. The highest BCUT2D eigenvalue weighted by Crippen LogP contribution is 2.45. The van der Waals surface area contributed by atoms with Crippen molar-refractivity contribution in [2.24, 2.45) is 11.8 Å². The Bertz CT molecular complexity index is 497. The molecule has 0 amide bonds. The molecule has 1 heterocycles. The van der Waals surface area contributed by atoms with E-state index in [2.05, 4.69) is 17.4 Å². The average molecular weight is 275 g/mol. The Morgan fingerprint density at radius 3 is 2.60 bits per heavy atom. The molecule has 1 aromatic rings. The molecule has 0 aromatic heterocycles. The van der Waals surface area contributed by atoms with Gasteiger partial charge in [0.15, 0.2) is 11.5 Å². The van der Waals surface area contributed by atoms with Gasteiger partial charge in [0.2, 0.25) is 12.5 Å². The van der Waals surface area contributed by atoms with Crippen LogP contribution in [0.2, 0.25) is 0 Å². The number of benzene rings is 1. The fourth-order valence-electron chi connectivity index (χ4n) is 3.15. The maximum Gasteiger partial charge on any atom is 0.231 e. The third kappa shape index (κ3) is 2.33. The lowest BCUT2D eigenvalue weighted by atomic mass is 10.1. The van der Waals surface area contributed by atoms with E-state index in [0.717, 1.165) is 35.6 Å². The number of rotatable bonds is 6. The Labute approximate surface area is 119 Å². The van der Waals surface area contributed by atoms with Crippen molar-refractivity contribution in [2.75, 3.05) is 13.9 Å². The highest BCUT2D eigenvalue weighted by molar-refractivity contribution is 5.55. The molecule has 1 aliphatic heterocycles. The van der Waals surface area contributed by atoms with Gasteiger partial charge < -0.3 is 19.5 Å². The fourth-order valence-corrected chi connectivity index (χ4v) is 3.15. The van der Waals surface area contributed by atoms with E-state index in [1.165, 1.54) is 31.2 Å². The van der Waals surface area contributed by atoms with E-state index in [9.17, 15) is 0 Å². The lowest BCUT2D eigenvalue weighted by Crippen LogP contribution is -2.32. The monoisotopic (exact) mass is 275 g/mol. The quantitative estimate of drug-likeness (QED) is 0.866. The van der Waals surface area contributed by atoms with Crippen LogP contribution in [0.4, 0.5) is 0 Å². The largest absolute Gasteiger partial charge is 0.493 e. The molecule has 0 radical (unpaired) electrons. The van der Waals surface area contributed by atoms with E-state index in [-0.39, 0.29) is 6.79 Å². The van der Waals surface area contributed by atoms with Crippen molar-refractivity contribution in [3.8, 4) is 17.2 Å². The Balaban J connectivity index is 1.48. The summed E-state index contributed by atoms with van der Waals surface area (Å²) in [5.74, 6) is 4.13. The fraction of sp³-hybridized carbons (Fsp3) is 0.625. The molecule has 0 atom stereocenters. The minimum Gasteiger partial charge on any atom is -0.493 e. The molecule has 3 aliphatic rings. The highest BCUT2D eigenvalue weighted by atomic mass is 16.7. The van der Waals surface area contributed by atoms with Gasteiger partial charge in [-0.3, -0.25) is 0 Å². The molecule has 4 heteroatoms. The van der Waals surface area contributed by atoms with Crippen LogP contribution in [-0.4, -0.2) is 19.9 Å². The van der Waals surface area contributed by atoms with Gasteiger partial charge in [-0.1, -0.05) is 0 Å². The second-order valence-corrected chi connectivity index (χ2v) is 6.11. The average Bonchev–Trinajstić information content (AvgIpc) is 3.38. The molecular formula is C16H21NO3. The van der Waals surface area contributed by atoms with E-state index in [0.29, 0.717) is 6.04 Å². The van der Waals surface area contributed by atoms with Gasteiger partial charge in [0.05, 0.1) is 7.11 Å². The van der Waals surface area contributed by atoms with Gasteiger partial charge in [0, 0.05) is 12.6 Å².